The second-order valence-corrected chi connectivity index (χ2v) is 6.26. The molecular weight excluding hydrogens is 287 g/mol. The quantitative estimate of drug-likeness (QED) is 0.890. The number of hydrogen-bond acceptors (Lipinski definition) is 3. The van der Waals surface area contributed by atoms with Crippen molar-refractivity contribution in [2.45, 2.75) is 33.1 Å². The van der Waals surface area contributed by atoms with Crippen molar-refractivity contribution >= 4 is 17.2 Å². The van der Waals surface area contributed by atoms with Gasteiger partial charge in [-0.2, -0.15) is 0 Å². The highest BCUT2D eigenvalue weighted by Crippen LogP contribution is 2.17. The highest BCUT2D eigenvalue weighted by molar-refractivity contribution is 7.11. The Morgan fingerprint density at radius 1 is 1.33 bits per heavy atom. The van der Waals surface area contributed by atoms with Gasteiger partial charge in [0.25, 0.3) is 0 Å². The van der Waals surface area contributed by atoms with Crippen molar-refractivity contribution in [2.75, 3.05) is 6.54 Å². The summed E-state index contributed by atoms with van der Waals surface area (Å²) in [5.41, 5.74) is 1.89. The largest absolute Gasteiger partial charge is 0.356 e. The molecule has 1 aromatic carbocycles. The van der Waals surface area contributed by atoms with Crippen LogP contribution in [0.1, 0.15) is 27.6 Å². The third-order valence-electron chi connectivity index (χ3n) is 3.20. The van der Waals surface area contributed by atoms with Gasteiger partial charge in [0, 0.05) is 24.3 Å². The Labute approximate surface area is 128 Å². The topological polar surface area (TPSA) is 42.0 Å². The van der Waals surface area contributed by atoms with Crippen LogP contribution in [0.15, 0.2) is 24.3 Å². The van der Waals surface area contributed by atoms with Crippen molar-refractivity contribution in [1.29, 1.82) is 0 Å². The first-order chi connectivity index (χ1) is 10.0. The van der Waals surface area contributed by atoms with Crippen LogP contribution < -0.4 is 5.32 Å². The third kappa shape index (κ3) is 4.93. The molecule has 1 amide bonds. The first-order valence-electron chi connectivity index (χ1n) is 6.98. The van der Waals surface area contributed by atoms with E-state index in [0.717, 1.165) is 22.7 Å². The maximum absolute atomic E-state index is 13.0. The van der Waals surface area contributed by atoms with Gasteiger partial charge in [-0.3, -0.25) is 4.79 Å². The van der Waals surface area contributed by atoms with E-state index in [1.807, 2.05) is 19.9 Å². The van der Waals surface area contributed by atoms with Gasteiger partial charge in [-0.05, 0) is 38.0 Å². The molecule has 0 aliphatic rings. The number of carbonyl (C=O) groups is 1. The number of rotatable bonds is 6. The van der Waals surface area contributed by atoms with Gasteiger partial charge in [0.05, 0.1) is 10.7 Å². The number of hydrogen-bond donors (Lipinski definition) is 1. The normalized spacial score (nSPS) is 10.6. The van der Waals surface area contributed by atoms with E-state index in [1.165, 1.54) is 17.0 Å². The third-order valence-corrected chi connectivity index (χ3v) is 4.34. The van der Waals surface area contributed by atoms with E-state index in [9.17, 15) is 9.18 Å². The van der Waals surface area contributed by atoms with E-state index >= 15 is 0 Å². The zero-order valence-corrected chi connectivity index (χ0v) is 13.1. The molecule has 0 fully saturated rings. The Morgan fingerprint density at radius 3 is 2.81 bits per heavy atom. The van der Waals surface area contributed by atoms with Crippen molar-refractivity contribution < 1.29 is 9.18 Å². The average molecular weight is 306 g/mol. The Kier molecular flexibility index (Phi) is 5.44. The maximum atomic E-state index is 13.0. The molecule has 112 valence electrons. The average Bonchev–Trinajstić information content (AvgIpc) is 2.75. The number of aromatic nitrogens is 1. The monoisotopic (exact) mass is 306 g/mol. The van der Waals surface area contributed by atoms with Crippen molar-refractivity contribution in [3.63, 3.8) is 0 Å². The summed E-state index contributed by atoms with van der Waals surface area (Å²) in [5.74, 6) is -0.262. The van der Waals surface area contributed by atoms with Gasteiger partial charge in [-0.25, -0.2) is 9.37 Å². The standard InChI is InChI=1S/C16H19FN2OS/c1-11-15(21-12(2)19-11)8-9-18-16(20)7-6-13-4-3-5-14(17)10-13/h3-5,10H,6-9H2,1-2H3,(H,18,20). The lowest BCUT2D eigenvalue weighted by Gasteiger charge is -2.05. The second kappa shape index (κ2) is 7.31. The summed E-state index contributed by atoms with van der Waals surface area (Å²) in [6.07, 6.45) is 1.75. The predicted molar refractivity (Wildman–Crippen MR) is 83.0 cm³/mol. The predicted octanol–water partition coefficient (Wildman–Crippen LogP) is 3.19. The Balaban J connectivity index is 1.71. The number of nitrogens with zero attached hydrogens (tertiary/aromatic N) is 1. The lowest BCUT2D eigenvalue weighted by Crippen LogP contribution is -2.25. The minimum atomic E-state index is -0.260. The Bertz CT molecular complexity index is 624. The fourth-order valence-electron chi connectivity index (χ4n) is 2.16. The number of thiazole rings is 1. The fraction of sp³-hybridized carbons (Fsp3) is 0.375. The number of halogens is 1. The summed E-state index contributed by atoms with van der Waals surface area (Å²) in [4.78, 5) is 17.3. The van der Waals surface area contributed by atoms with Gasteiger partial charge < -0.3 is 5.32 Å². The number of carbonyl (C=O) groups excluding carboxylic acids is 1. The van der Waals surface area contributed by atoms with Crippen LogP contribution in [0.3, 0.4) is 0 Å². The molecule has 0 saturated heterocycles. The Morgan fingerprint density at radius 2 is 2.14 bits per heavy atom. The molecule has 0 radical (unpaired) electrons. The molecule has 2 rings (SSSR count). The zero-order chi connectivity index (χ0) is 15.2. The molecule has 0 atom stereocenters. The second-order valence-electron chi connectivity index (χ2n) is 4.97. The maximum Gasteiger partial charge on any atom is 0.220 e. The van der Waals surface area contributed by atoms with Gasteiger partial charge in [0.2, 0.25) is 5.91 Å². The van der Waals surface area contributed by atoms with Gasteiger partial charge >= 0.3 is 0 Å². The molecular formula is C16H19FN2OS. The molecule has 1 N–H and O–H groups in total. The minimum Gasteiger partial charge on any atom is -0.356 e. The van der Waals surface area contributed by atoms with E-state index in [2.05, 4.69) is 10.3 Å². The van der Waals surface area contributed by atoms with Gasteiger partial charge in [0.1, 0.15) is 5.82 Å². The summed E-state index contributed by atoms with van der Waals surface area (Å²) < 4.78 is 13.0. The number of aryl methyl sites for hydroxylation is 3. The van der Waals surface area contributed by atoms with Crippen LogP contribution in [0.25, 0.3) is 0 Å². The number of nitrogens with one attached hydrogen (secondary N) is 1. The van der Waals surface area contributed by atoms with E-state index in [-0.39, 0.29) is 11.7 Å². The van der Waals surface area contributed by atoms with Crippen LogP contribution in [0.4, 0.5) is 4.39 Å². The van der Waals surface area contributed by atoms with Crippen molar-refractivity contribution in [3.05, 3.63) is 51.2 Å². The lowest BCUT2D eigenvalue weighted by molar-refractivity contribution is -0.121. The van der Waals surface area contributed by atoms with E-state index < -0.39 is 0 Å². The molecule has 2 aromatic rings. The smallest absolute Gasteiger partial charge is 0.220 e. The molecule has 1 aromatic heterocycles. The van der Waals surface area contributed by atoms with Crippen LogP contribution in [-0.2, 0) is 17.6 Å². The zero-order valence-electron chi connectivity index (χ0n) is 12.3. The highest BCUT2D eigenvalue weighted by atomic mass is 32.1. The van der Waals surface area contributed by atoms with Crippen LogP contribution >= 0.6 is 11.3 Å². The first-order valence-corrected chi connectivity index (χ1v) is 7.80. The molecule has 0 aliphatic heterocycles. The fourth-order valence-corrected chi connectivity index (χ4v) is 3.10. The molecule has 5 heteroatoms. The van der Waals surface area contributed by atoms with Crippen molar-refractivity contribution in [3.8, 4) is 0 Å². The molecule has 0 spiro atoms. The lowest BCUT2D eigenvalue weighted by atomic mass is 10.1. The number of amides is 1. The summed E-state index contributed by atoms with van der Waals surface area (Å²) in [6, 6.07) is 6.37. The van der Waals surface area contributed by atoms with E-state index in [0.29, 0.717) is 19.4 Å². The SMILES string of the molecule is Cc1nc(C)c(CCNC(=O)CCc2cccc(F)c2)s1. The van der Waals surface area contributed by atoms with E-state index in [1.54, 1.807) is 17.4 Å². The van der Waals surface area contributed by atoms with Crippen LogP contribution in [0.5, 0.6) is 0 Å². The highest BCUT2D eigenvalue weighted by Gasteiger charge is 2.06. The molecule has 0 unspecified atom stereocenters. The van der Waals surface area contributed by atoms with E-state index in [4.69, 9.17) is 0 Å². The Hall–Kier alpha value is -1.75. The van der Waals surface area contributed by atoms with Crippen LogP contribution in [-0.4, -0.2) is 17.4 Å². The van der Waals surface area contributed by atoms with Crippen molar-refractivity contribution in [1.82, 2.24) is 10.3 Å². The summed E-state index contributed by atoms with van der Waals surface area (Å²) >= 11 is 1.67. The first kappa shape index (κ1) is 15.6. The summed E-state index contributed by atoms with van der Waals surface area (Å²) in [6.45, 7) is 4.59. The molecule has 3 nitrogen and oxygen atoms in total. The van der Waals surface area contributed by atoms with Gasteiger partial charge in [0.15, 0.2) is 0 Å². The van der Waals surface area contributed by atoms with Crippen molar-refractivity contribution in [2.24, 2.45) is 0 Å². The molecule has 0 bridgehead atoms. The molecule has 1 heterocycles. The van der Waals surface area contributed by atoms with Crippen LogP contribution in [0.2, 0.25) is 0 Å². The molecule has 21 heavy (non-hydrogen) atoms. The number of benzene rings is 1. The minimum absolute atomic E-state index is 0.00171. The summed E-state index contributed by atoms with van der Waals surface area (Å²) in [7, 11) is 0. The molecule has 0 aliphatic carbocycles. The van der Waals surface area contributed by atoms with Gasteiger partial charge in [-0.15, -0.1) is 11.3 Å². The molecule has 0 saturated carbocycles. The van der Waals surface area contributed by atoms with Gasteiger partial charge in [-0.1, -0.05) is 12.1 Å². The van der Waals surface area contributed by atoms with Crippen LogP contribution in [0, 0.1) is 19.7 Å². The summed E-state index contributed by atoms with van der Waals surface area (Å²) in [5, 5.41) is 3.95.